The number of hydrogen-bond acceptors (Lipinski definition) is 7. The van der Waals surface area contributed by atoms with Crippen molar-refractivity contribution in [1.82, 2.24) is 4.98 Å². The minimum absolute atomic E-state index is 0.277. The molecule has 0 saturated carbocycles. The number of benzene rings is 2. The highest BCUT2D eigenvalue weighted by molar-refractivity contribution is 6.00. The lowest BCUT2D eigenvalue weighted by Gasteiger charge is -2.15. The fourth-order valence-electron chi connectivity index (χ4n) is 3.39. The quantitative estimate of drug-likeness (QED) is 0.250. The molecular weight excluding hydrogens is 410 g/mol. The Morgan fingerprint density at radius 1 is 1.06 bits per heavy atom. The number of carbonyl (C=O) groups is 2. The number of methoxy groups -OCH3 is 1. The van der Waals surface area contributed by atoms with Crippen LogP contribution in [0, 0.1) is 0 Å². The molecule has 0 bridgehead atoms. The third kappa shape index (κ3) is 5.75. The van der Waals surface area contributed by atoms with E-state index < -0.39 is 0 Å². The van der Waals surface area contributed by atoms with Crippen LogP contribution in [-0.4, -0.2) is 44.2 Å². The Hall–Kier alpha value is -3.61. The Labute approximate surface area is 187 Å². The van der Waals surface area contributed by atoms with Crippen LogP contribution in [0.3, 0.4) is 0 Å². The molecule has 0 aliphatic heterocycles. The van der Waals surface area contributed by atoms with E-state index in [4.69, 9.17) is 18.9 Å². The standard InChI is InChI=1S/C25H27NO6/c1-4-30-20-8-5-7-18(11-20)12-23-22-14-24(29-3)25(32-10-6-9-31-17(2)28)13-21(22)19(16-27)15-26-23/h5,7-8,11,13-16H,4,6,9-10,12H2,1-3H3. The molecule has 0 N–H and O–H groups in total. The molecule has 7 nitrogen and oxygen atoms in total. The van der Waals surface area contributed by atoms with Crippen LogP contribution in [0.15, 0.2) is 42.6 Å². The molecule has 1 heterocycles. The molecule has 0 aliphatic carbocycles. The molecule has 0 fully saturated rings. The van der Waals surface area contributed by atoms with Gasteiger partial charge in [-0.05, 0) is 42.1 Å². The molecular formula is C25H27NO6. The lowest BCUT2D eigenvalue weighted by Crippen LogP contribution is -2.07. The van der Waals surface area contributed by atoms with E-state index >= 15 is 0 Å². The second kappa shape index (κ2) is 11.1. The Morgan fingerprint density at radius 2 is 1.88 bits per heavy atom. The fraction of sp³-hybridized carbons (Fsp3) is 0.320. The van der Waals surface area contributed by atoms with Gasteiger partial charge in [-0.25, -0.2) is 0 Å². The maximum absolute atomic E-state index is 11.7. The minimum Gasteiger partial charge on any atom is -0.494 e. The highest BCUT2D eigenvalue weighted by Crippen LogP contribution is 2.35. The molecule has 2 aromatic carbocycles. The van der Waals surface area contributed by atoms with E-state index in [0.717, 1.165) is 34.1 Å². The maximum atomic E-state index is 11.7. The maximum Gasteiger partial charge on any atom is 0.302 e. The lowest BCUT2D eigenvalue weighted by molar-refractivity contribution is -0.141. The third-order valence-electron chi connectivity index (χ3n) is 4.84. The Bertz CT molecular complexity index is 1100. The summed E-state index contributed by atoms with van der Waals surface area (Å²) >= 11 is 0. The molecule has 0 unspecified atom stereocenters. The van der Waals surface area contributed by atoms with E-state index in [1.165, 1.54) is 6.92 Å². The second-order valence-corrected chi connectivity index (χ2v) is 7.13. The molecule has 3 rings (SSSR count). The van der Waals surface area contributed by atoms with Gasteiger partial charge in [-0.2, -0.15) is 0 Å². The molecule has 0 saturated heterocycles. The molecule has 0 atom stereocenters. The number of esters is 1. The summed E-state index contributed by atoms with van der Waals surface area (Å²) in [6.07, 6.45) is 3.47. The summed E-state index contributed by atoms with van der Waals surface area (Å²) in [6, 6.07) is 11.5. The first-order valence-corrected chi connectivity index (χ1v) is 10.5. The molecule has 0 spiro atoms. The van der Waals surface area contributed by atoms with Gasteiger partial charge in [0.15, 0.2) is 17.8 Å². The Kier molecular flexibility index (Phi) is 8.02. The Balaban J connectivity index is 1.91. The number of ether oxygens (including phenoxy) is 4. The predicted molar refractivity (Wildman–Crippen MR) is 121 cm³/mol. The molecule has 0 aliphatic rings. The van der Waals surface area contributed by atoms with Crippen LogP contribution >= 0.6 is 0 Å². The van der Waals surface area contributed by atoms with Crippen molar-refractivity contribution >= 4 is 23.0 Å². The van der Waals surface area contributed by atoms with Gasteiger partial charge in [0.2, 0.25) is 0 Å². The largest absolute Gasteiger partial charge is 0.494 e. The number of aromatic nitrogens is 1. The van der Waals surface area contributed by atoms with Gasteiger partial charge in [0.25, 0.3) is 0 Å². The molecule has 168 valence electrons. The topological polar surface area (TPSA) is 84.0 Å². The van der Waals surface area contributed by atoms with Crippen molar-refractivity contribution in [3.8, 4) is 17.2 Å². The highest BCUT2D eigenvalue weighted by atomic mass is 16.5. The van der Waals surface area contributed by atoms with Crippen molar-refractivity contribution in [3.63, 3.8) is 0 Å². The van der Waals surface area contributed by atoms with E-state index in [1.807, 2.05) is 37.3 Å². The predicted octanol–water partition coefficient (Wildman–Crippen LogP) is 4.38. The van der Waals surface area contributed by atoms with Gasteiger partial charge in [-0.15, -0.1) is 0 Å². The van der Waals surface area contributed by atoms with Crippen molar-refractivity contribution in [3.05, 3.63) is 59.4 Å². The second-order valence-electron chi connectivity index (χ2n) is 7.13. The number of nitrogens with zero attached hydrogens (tertiary/aromatic N) is 1. The van der Waals surface area contributed by atoms with E-state index in [-0.39, 0.29) is 12.6 Å². The lowest BCUT2D eigenvalue weighted by atomic mass is 10.00. The molecule has 7 heteroatoms. The number of hydrogen-bond donors (Lipinski definition) is 0. The molecule has 3 aromatic rings. The average molecular weight is 437 g/mol. The third-order valence-corrected chi connectivity index (χ3v) is 4.84. The van der Waals surface area contributed by atoms with Crippen LogP contribution in [-0.2, 0) is 16.0 Å². The van der Waals surface area contributed by atoms with E-state index in [0.29, 0.717) is 43.1 Å². The molecule has 0 radical (unpaired) electrons. The normalized spacial score (nSPS) is 10.6. The van der Waals surface area contributed by atoms with E-state index in [9.17, 15) is 9.59 Å². The van der Waals surface area contributed by atoms with Gasteiger partial charge in [0, 0.05) is 36.9 Å². The first-order valence-electron chi connectivity index (χ1n) is 10.5. The van der Waals surface area contributed by atoms with Gasteiger partial charge in [0.05, 0.1) is 32.6 Å². The summed E-state index contributed by atoms with van der Waals surface area (Å²) in [4.78, 5) is 27.1. The summed E-state index contributed by atoms with van der Waals surface area (Å²) in [6.45, 7) is 4.53. The first kappa shape index (κ1) is 23.1. The molecule has 32 heavy (non-hydrogen) atoms. The zero-order chi connectivity index (χ0) is 22.9. The average Bonchev–Trinajstić information content (AvgIpc) is 2.79. The smallest absolute Gasteiger partial charge is 0.302 e. The number of rotatable bonds is 11. The highest BCUT2D eigenvalue weighted by Gasteiger charge is 2.14. The van der Waals surface area contributed by atoms with Crippen LogP contribution in [0.2, 0.25) is 0 Å². The van der Waals surface area contributed by atoms with Crippen molar-refractivity contribution < 1.29 is 28.5 Å². The van der Waals surface area contributed by atoms with Gasteiger partial charge >= 0.3 is 5.97 Å². The van der Waals surface area contributed by atoms with Crippen molar-refractivity contribution in [2.24, 2.45) is 0 Å². The van der Waals surface area contributed by atoms with Crippen LogP contribution in [0.1, 0.15) is 41.9 Å². The van der Waals surface area contributed by atoms with Gasteiger partial charge in [0.1, 0.15) is 5.75 Å². The van der Waals surface area contributed by atoms with Crippen molar-refractivity contribution in [1.29, 1.82) is 0 Å². The van der Waals surface area contributed by atoms with Crippen LogP contribution in [0.4, 0.5) is 0 Å². The van der Waals surface area contributed by atoms with Crippen molar-refractivity contribution in [2.45, 2.75) is 26.7 Å². The van der Waals surface area contributed by atoms with Gasteiger partial charge in [-0.3, -0.25) is 14.6 Å². The van der Waals surface area contributed by atoms with Crippen LogP contribution in [0.5, 0.6) is 17.2 Å². The summed E-state index contributed by atoms with van der Waals surface area (Å²) in [7, 11) is 1.56. The Morgan fingerprint density at radius 3 is 2.59 bits per heavy atom. The number of fused-ring (bicyclic) bond motifs is 1. The summed E-state index contributed by atoms with van der Waals surface area (Å²) in [5.41, 5.74) is 2.34. The zero-order valence-electron chi connectivity index (χ0n) is 18.6. The minimum atomic E-state index is -0.323. The van der Waals surface area contributed by atoms with Crippen molar-refractivity contribution in [2.75, 3.05) is 26.9 Å². The van der Waals surface area contributed by atoms with Crippen LogP contribution < -0.4 is 14.2 Å². The zero-order valence-corrected chi connectivity index (χ0v) is 18.6. The molecule has 1 aromatic heterocycles. The van der Waals surface area contributed by atoms with E-state index in [2.05, 4.69) is 4.98 Å². The summed E-state index contributed by atoms with van der Waals surface area (Å²) < 4.78 is 21.9. The number of aldehydes is 1. The van der Waals surface area contributed by atoms with E-state index in [1.54, 1.807) is 19.4 Å². The van der Waals surface area contributed by atoms with Gasteiger partial charge < -0.3 is 18.9 Å². The molecule has 0 amide bonds. The first-order chi connectivity index (χ1) is 15.5. The number of pyridine rings is 1. The number of carbonyl (C=O) groups excluding carboxylic acids is 2. The fourth-order valence-corrected chi connectivity index (χ4v) is 3.39. The SMILES string of the molecule is CCOc1cccc(Cc2ncc(C=O)c3cc(OCCCOC(C)=O)c(OC)cc23)c1. The summed E-state index contributed by atoms with van der Waals surface area (Å²) in [5, 5.41) is 1.56. The van der Waals surface area contributed by atoms with Crippen LogP contribution in [0.25, 0.3) is 10.8 Å². The monoisotopic (exact) mass is 437 g/mol. The summed E-state index contributed by atoms with van der Waals surface area (Å²) in [5.74, 6) is 1.54. The van der Waals surface area contributed by atoms with Gasteiger partial charge in [-0.1, -0.05) is 12.1 Å².